The van der Waals surface area contributed by atoms with Crippen molar-refractivity contribution in [1.82, 2.24) is 0 Å². The molecule has 0 fully saturated rings. The second kappa shape index (κ2) is 6.37. The lowest BCUT2D eigenvalue weighted by molar-refractivity contribution is 0.628. The Balaban J connectivity index is 1.91. The van der Waals surface area contributed by atoms with Gasteiger partial charge < -0.3 is 5.32 Å². The second-order valence-electron chi connectivity index (χ2n) is 5.27. The first-order valence-electron chi connectivity index (χ1n) is 6.71. The molecule has 19 heavy (non-hydrogen) atoms. The van der Waals surface area contributed by atoms with Gasteiger partial charge in [-0.2, -0.15) is 0 Å². The molecule has 0 atom stereocenters. The van der Waals surface area contributed by atoms with E-state index in [1.165, 1.54) is 23.3 Å². The Morgan fingerprint density at radius 2 is 1.47 bits per heavy atom. The van der Waals surface area contributed by atoms with Gasteiger partial charge in [0, 0.05) is 12.2 Å². The minimum absolute atomic E-state index is 0.205. The normalized spacial score (nSPS) is 10.7. The molecule has 100 valence electrons. The highest BCUT2D eigenvalue weighted by Gasteiger charge is 1.99. The van der Waals surface area contributed by atoms with Crippen LogP contribution in [0.25, 0.3) is 0 Å². The van der Waals surface area contributed by atoms with E-state index in [1.807, 2.05) is 0 Å². The van der Waals surface area contributed by atoms with Crippen LogP contribution in [0.4, 0.5) is 10.1 Å². The van der Waals surface area contributed by atoms with Crippen molar-refractivity contribution < 1.29 is 4.39 Å². The van der Waals surface area contributed by atoms with Crippen molar-refractivity contribution >= 4 is 5.69 Å². The summed E-state index contributed by atoms with van der Waals surface area (Å²) < 4.78 is 12.8. The van der Waals surface area contributed by atoms with E-state index in [4.69, 9.17) is 0 Å². The van der Waals surface area contributed by atoms with Gasteiger partial charge in [-0.15, -0.1) is 0 Å². The molecule has 2 rings (SSSR count). The van der Waals surface area contributed by atoms with E-state index < -0.39 is 0 Å². The van der Waals surface area contributed by atoms with Gasteiger partial charge in [0.1, 0.15) is 5.82 Å². The largest absolute Gasteiger partial charge is 0.381 e. The molecule has 0 spiro atoms. The van der Waals surface area contributed by atoms with E-state index in [0.717, 1.165) is 18.7 Å². The zero-order valence-corrected chi connectivity index (χ0v) is 11.5. The van der Waals surface area contributed by atoms with Gasteiger partial charge in [-0.1, -0.05) is 38.1 Å². The van der Waals surface area contributed by atoms with Gasteiger partial charge in [0.25, 0.3) is 0 Å². The molecule has 0 aliphatic heterocycles. The summed E-state index contributed by atoms with van der Waals surface area (Å²) in [4.78, 5) is 0. The fourth-order valence-corrected chi connectivity index (χ4v) is 2.04. The average Bonchev–Trinajstić information content (AvgIpc) is 2.39. The Hall–Kier alpha value is -1.83. The van der Waals surface area contributed by atoms with Crippen molar-refractivity contribution in [3.8, 4) is 0 Å². The van der Waals surface area contributed by atoms with Crippen LogP contribution in [0, 0.1) is 11.7 Å². The number of nitrogens with one attached hydrogen (secondary N) is 1. The number of hydrogen-bond acceptors (Lipinski definition) is 1. The fraction of sp³-hybridized carbons (Fsp3) is 0.294. The summed E-state index contributed by atoms with van der Waals surface area (Å²) in [6.45, 7) is 5.21. The van der Waals surface area contributed by atoms with Gasteiger partial charge >= 0.3 is 0 Å². The first-order chi connectivity index (χ1) is 9.13. The molecular weight excluding hydrogens is 237 g/mol. The van der Waals surface area contributed by atoms with Crippen LogP contribution >= 0.6 is 0 Å². The van der Waals surface area contributed by atoms with Crippen molar-refractivity contribution in [2.75, 3.05) is 5.32 Å². The maximum atomic E-state index is 12.8. The second-order valence-corrected chi connectivity index (χ2v) is 5.27. The maximum Gasteiger partial charge on any atom is 0.123 e. The van der Waals surface area contributed by atoms with E-state index >= 15 is 0 Å². The van der Waals surface area contributed by atoms with Crippen LogP contribution < -0.4 is 5.32 Å². The number of rotatable bonds is 5. The van der Waals surface area contributed by atoms with Crippen molar-refractivity contribution in [2.45, 2.75) is 26.8 Å². The van der Waals surface area contributed by atoms with Gasteiger partial charge in [0.05, 0.1) is 0 Å². The molecule has 0 amide bonds. The van der Waals surface area contributed by atoms with E-state index in [-0.39, 0.29) is 5.82 Å². The fourth-order valence-electron chi connectivity index (χ4n) is 2.04. The number of halogens is 1. The molecule has 0 saturated heterocycles. The molecule has 0 saturated carbocycles. The smallest absolute Gasteiger partial charge is 0.123 e. The Bertz CT molecular complexity index is 500. The minimum Gasteiger partial charge on any atom is -0.381 e. The summed E-state index contributed by atoms with van der Waals surface area (Å²) in [5.74, 6) is 0.478. The highest BCUT2D eigenvalue weighted by atomic mass is 19.1. The molecule has 1 nitrogen and oxygen atoms in total. The molecular formula is C17H20FN. The van der Waals surface area contributed by atoms with Gasteiger partial charge in [-0.25, -0.2) is 4.39 Å². The van der Waals surface area contributed by atoms with Crippen molar-refractivity contribution in [3.05, 3.63) is 65.5 Å². The van der Waals surface area contributed by atoms with Crippen LogP contribution in [-0.4, -0.2) is 0 Å². The number of anilines is 1. The van der Waals surface area contributed by atoms with Gasteiger partial charge in [-0.3, -0.25) is 0 Å². The molecule has 2 heteroatoms. The van der Waals surface area contributed by atoms with Crippen LogP contribution in [0.2, 0.25) is 0 Å². The van der Waals surface area contributed by atoms with Crippen molar-refractivity contribution in [1.29, 1.82) is 0 Å². The zero-order chi connectivity index (χ0) is 13.7. The Morgan fingerprint density at radius 1 is 0.895 bits per heavy atom. The molecule has 0 bridgehead atoms. The predicted molar refractivity (Wildman–Crippen MR) is 78.7 cm³/mol. The first kappa shape index (κ1) is 13.6. The molecule has 2 aromatic carbocycles. The third-order valence-corrected chi connectivity index (χ3v) is 3.01. The Labute approximate surface area is 114 Å². The Morgan fingerprint density at radius 3 is 2.05 bits per heavy atom. The van der Waals surface area contributed by atoms with Gasteiger partial charge in [0.15, 0.2) is 0 Å². The monoisotopic (exact) mass is 257 g/mol. The van der Waals surface area contributed by atoms with Crippen molar-refractivity contribution in [2.24, 2.45) is 5.92 Å². The first-order valence-corrected chi connectivity index (χ1v) is 6.71. The van der Waals surface area contributed by atoms with E-state index in [1.54, 1.807) is 12.1 Å². The lowest BCUT2D eigenvalue weighted by atomic mass is 10.0. The van der Waals surface area contributed by atoms with E-state index in [9.17, 15) is 4.39 Å². The highest BCUT2D eigenvalue weighted by molar-refractivity contribution is 5.43. The highest BCUT2D eigenvalue weighted by Crippen LogP contribution is 2.13. The van der Waals surface area contributed by atoms with Crippen LogP contribution in [0.5, 0.6) is 0 Å². The lowest BCUT2D eigenvalue weighted by Crippen LogP contribution is -2.00. The van der Waals surface area contributed by atoms with Crippen LogP contribution in [-0.2, 0) is 13.0 Å². The number of benzene rings is 2. The average molecular weight is 257 g/mol. The summed E-state index contributed by atoms with van der Waals surface area (Å²) in [7, 11) is 0. The van der Waals surface area contributed by atoms with Gasteiger partial charge in [0.2, 0.25) is 0 Å². The topological polar surface area (TPSA) is 12.0 Å². The quantitative estimate of drug-likeness (QED) is 0.823. The predicted octanol–water partition coefficient (Wildman–Crippen LogP) is 4.64. The maximum absolute atomic E-state index is 12.8. The van der Waals surface area contributed by atoms with Crippen molar-refractivity contribution in [3.63, 3.8) is 0 Å². The summed E-state index contributed by atoms with van der Waals surface area (Å²) in [6, 6.07) is 15.1. The molecule has 0 aromatic heterocycles. The third kappa shape index (κ3) is 4.40. The number of hydrogen-bond donors (Lipinski definition) is 1. The summed E-state index contributed by atoms with van der Waals surface area (Å²) >= 11 is 0. The van der Waals surface area contributed by atoms with Crippen LogP contribution in [0.3, 0.4) is 0 Å². The summed E-state index contributed by atoms with van der Waals surface area (Å²) in [5, 5.41) is 3.28. The lowest BCUT2D eigenvalue weighted by Gasteiger charge is -2.08. The molecule has 0 heterocycles. The molecule has 0 aliphatic rings. The van der Waals surface area contributed by atoms with E-state index in [0.29, 0.717) is 5.92 Å². The summed E-state index contributed by atoms with van der Waals surface area (Å²) in [6.07, 6.45) is 1.12. The third-order valence-electron chi connectivity index (χ3n) is 3.01. The standard InChI is InChI=1S/C17H20FN/c1-13(2)11-14-3-5-15(6-4-14)12-19-17-9-7-16(18)8-10-17/h3-10,13,19H,11-12H2,1-2H3. The van der Waals surface area contributed by atoms with Crippen LogP contribution in [0.1, 0.15) is 25.0 Å². The zero-order valence-electron chi connectivity index (χ0n) is 11.5. The minimum atomic E-state index is -0.205. The van der Waals surface area contributed by atoms with Crippen LogP contribution in [0.15, 0.2) is 48.5 Å². The molecule has 0 aliphatic carbocycles. The van der Waals surface area contributed by atoms with E-state index in [2.05, 4.69) is 43.4 Å². The Kier molecular flexibility index (Phi) is 4.56. The molecule has 0 unspecified atom stereocenters. The molecule has 2 aromatic rings. The van der Waals surface area contributed by atoms with Gasteiger partial charge in [-0.05, 0) is 47.7 Å². The summed E-state index contributed by atoms with van der Waals surface area (Å²) in [5.41, 5.74) is 3.55. The SMILES string of the molecule is CC(C)Cc1ccc(CNc2ccc(F)cc2)cc1. The molecule has 0 radical (unpaired) electrons. The molecule has 1 N–H and O–H groups in total.